The number of aromatic nitrogens is 1. The molecule has 0 radical (unpaired) electrons. The van der Waals surface area contributed by atoms with Crippen LogP contribution in [0, 0.1) is 5.92 Å². The molecular weight excluding hydrogens is 343 g/mol. The fourth-order valence-electron chi connectivity index (χ4n) is 3.08. The number of hydrogen-bond acceptors (Lipinski definition) is 3. The standard InChI is InChI=1S/C16H19ClF3N3O/c17-13-9-12(16(18,19)20)10-21-14(13)22-5-2-6-23(8-7-22)15(24)11-3-1-4-11/h9-11H,1-8H2. The highest BCUT2D eigenvalue weighted by Gasteiger charge is 2.33. The van der Waals surface area contributed by atoms with Gasteiger partial charge in [0.05, 0.1) is 10.6 Å². The highest BCUT2D eigenvalue weighted by atomic mass is 35.5. The van der Waals surface area contributed by atoms with Crippen molar-refractivity contribution in [2.45, 2.75) is 31.9 Å². The lowest BCUT2D eigenvalue weighted by molar-refractivity contribution is -0.138. The van der Waals surface area contributed by atoms with Crippen LogP contribution in [0.4, 0.5) is 19.0 Å². The van der Waals surface area contributed by atoms with Gasteiger partial charge in [-0.3, -0.25) is 4.79 Å². The Kier molecular flexibility index (Phi) is 4.90. The number of nitrogens with zero attached hydrogens (tertiary/aromatic N) is 3. The topological polar surface area (TPSA) is 36.4 Å². The third-order valence-corrected chi connectivity index (χ3v) is 4.99. The largest absolute Gasteiger partial charge is 0.417 e. The van der Waals surface area contributed by atoms with Crippen LogP contribution in [0.15, 0.2) is 12.3 Å². The minimum atomic E-state index is -4.46. The van der Waals surface area contributed by atoms with Crippen LogP contribution < -0.4 is 4.90 Å². The average Bonchev–Trinajstić information content (AvgIpc) is 2.70. The van der Waals surface area contributed by atoms with Crippen LogP contribution in [-0.2, 0) is 11.0 Å². The van der Waals surface area contributed by atoms with Crippen molar-refractivity contribution in [2.24, 2.45) is 5.92 Å². The minimum absolute atomic E-state index is 0.0106. The molecule has 1 aliphatic carbocycles. The number of amides is 1. The van der Waals surface area contributed by atoms with Gasteiger partial charge < -0.3 is 9.80 Å². The molecule has 2 aliphatic rings. The molecule has 132 valence electrons. The first kappa shape index (κ1) is 17.3. The lowest BCUT2D eigenvalue weighted by Gasteiger charge is -2.31. The maximum atomic E-state index is 12.7. The van der Waals surface area contributed by atoms with Gasteiger partial charge in [0.25, 0.3) is 0 Å². The van der Waals surface area contributed by atoms with E-state index >= 15 is 0 Å². The van der Waals surface area contributed by atoms with Crippen molar-refractivity contribution in [1.82, 2.24) is 9.88 Å². The van der Waals surface area contributed by atoms with E-state index in [-0.39, 0.29) is 16.8 Å². The van der Waals surface area contributed by atoms with Crippen molar-refractivity contribution in [3.8, 4) is 0 Å². The molecule has 0 atom stereocenters. The summed E-state index contributed by atoms with van der Waals surface area (Å²) >= 11 is 6.02. The number of halogens is 4. The second kappa shape index (κ2) is 6.78. The molecule has 1 aromatic heterocycles. The second-order valence-electron chi connectivity index (χ2n) is 6.32. The van der Waals surface area contributed by atoms with Gasteiger partial charge >= 0.3 is 6.18 Å². The third-order valence-electron chi connectivity index (χ3n) is 4.71. The normalized spacial score (nSPS) is 19.8. The number of pyridine rings is 1. The van der Waals surface area contributed by atoms with Crippen LogP contribution >= 0.6 is 11.6 Å². The summed E-state index contributed by atoms with van der Waals surface area (Å²) in [5, 5.41) is -0.0106. The molecule has 8 heteroatoms. The van der Waals surface area contributed by atoms with Crippen molar-refractivity contribution >= 4 is 23.3 Å². The molecule has 1 saturated heterocycles. The predicted octanol–water partition coefficient (Wildman–Crippen LogP) is 3.59. The zero-order valence-electron chi connectivity index (χ0n) is 13.2. The molecule has 1 saturated carbocycles. The molecule has 0 unspecified atom stereocenters. The number of hydrogen-bond donors (Lipinski definition) is 0. The minimum Gasteiger partial charge on any atom is -0.354 e. The molecule has 1 aromatic rings. The summed E-state index contributed by atoms with van der Waals surface area (Å²) in [6.45, 7) is 2.36. The van der Waals surface area contributed by atoms with Gasteiger partial charge in [-0.1, -0.05) is 18.0 Å². The molecule has 1 amide bonds. The zero-order valence-corrected chi connectivity index (χ0v) is 13.9. The molecule has 3 rings (SSSR count). The molecule has 2 fully saturated rings. The van der Waals surface area contributed by atoms with Gasteiger partial charge in [0.1, 0.15) is 5.82 Å². The Hall–Kier alpha value is -1.50. The van der Waals surface area contributed by atoms with E-state index in [1.54, 1.807) is 0 Å². The summed E-state index contributed by atoms with van der Waals surface area (Å²) < 4.78 is 38.1. The number of alkyl halides is 3. The third kappa shape index (κ3) is 3.61. The van der Waals surface area contributed by atoms with E-state index in [4.69, 9.17) is 11.6 Å². The number of carbonyl (C=O) groups excluding carboxylic acids is 1. The Bertz CT molecular complexity index is 619. The van der Waals surface area contributed by atoms with E-state index < -0.39 is 11.7 Å². The lowest BCUT2D eigenvalue weighted by Crippen LogP contribution is -2.41. The van der Waals surface area contributed by atoms with Crippen LogP contribution in [0.2, 0.25) is 5.02 Å². The van der Waals surface area contributed by atoms with E-state index in [1.807, 2.05) is 9.80 Å². The van der Waals surface area contributed by atoms with E-state index in [2.05, 4.69) is 4.98 Å². The summed E-state index contributed by atoms with van der Waals surface area (Å²) in [5.74, 6) is 0.710. The van der Waals surface area contributed by atoms with Crippen LogP contribution in [0.3, 0.4) is 0 Å². The first-order valence-electron chi connectivity index (χ1n) is 8.13. The Morgan fingerprint density at radius 3 is 2.50 bits per heavy atom. The van der Waals surface area contributed by atoms with Gasteiger partial charge in [-0.25, -0.2) is 4.98 Å². The van der Waals surface area contributed by atoms with Crippen molar-refractivity contribution < 1.29 is 18.0 Å². The first-order valence-corrected chi connectivity index (χ1v) is 8.50. The van der Waals surface area contributed by atoms with Gasteiger partial charge in [0, 0.05) is 38.3 Å². The van der Waals surface area contributed by atoms with Crippen LogP contribution in [0.5, 0.6) is 0 Å². The predicted molar refractivity (Wildman–Crippen MR) is 85.0 cm³/mol. The molecule has 1 aliphatic heterocycles. The van der Waals surface area contributed by atoms with Crippen molar-refractivity contribution in [3.63, 3.8) is 0 Å². The summed E-state index contributed by atoms with van der Waals surface area (Å²) in [6.07, 6.45) is 0.138. The molecule has 2 heterocycles. The first-order chi connectivity index (χ1) is 11.4. The molecular formula is C16H19ClF3N3O. The van der Waals surface area contributed by atoms with Gasteiger partial charge in [-0.15, -0.1) is 0 Å². The highest BCUT2D eigenvalue weighted by Crippen LogP contribution is 2.34. The van der Waals surface area contributed by atoms with Crippen LogP contribution in [0.1, 0.15) is 31.2 Å². The van der Waals surface area contributed by atoms with Gasteiger partial charge in [-0.2, -0.15) is 13.2 Å². The number of carbonyl (C=O) groups is 1. The monoisotopic (exact) mass is 361 g/mol. The van der Waals surface area contributed by atoms with Crippen molar-refractivity contribution in [2.75, 3.05) is 31.1 Å². The molecule has 24 heavy (non-hydrogen) atoms. The SMILES string of the molecule is O=C(C1CCC1)N1CCCN(c2ncc(C(F)(F)F)cc2Cl)CC1. The van der Waals surface area contributed by atoms with Crippen molar-refractivity contribution in [1.29, 1.82) is 0 Å². The quantitative estimate of drug-likeness (QED) is 0.807. The van der Waals surface area contributed by atoms with Crippen LogP contribution in [-0.4, -0.2) is 42.0 Å². The Balaban J connectivity index is 1.68. The lowest BCUT2D eigenvalue weighted by atomic mass is 9.84. The zero-order chi connectivity index (χ0) is 17.3. The maximum absolute atomic E-state index is 12.7. The fourth-order valence-corrected chi connectivity index (χ4v) is 3.37. The number of rotatable bonds is 2. The van der Waals surface area contributed by atoms with E-state index in [9.17, 15) is 18.0 Å². The van der Waals surface area contributed by atoms with E-state index in [1.165, 1.54) is 0 Å². The molecule has 0 N–H and O–H groups in total. The molecule has 0 aromatic carbocycles. The fraction of sp³-hybridized carbons (Fsp3) is 0.625. The van der Waals surface area contributed by atoms with Gasteiger partial charge in [-0.05, 0) is 25.3 Å². The smallest absolute Gasteiger partial charge is 0.354 e. The molecule has 4 nitrogen and oxygen atoms in total. The summed E-state index contributed by atoms with van der Waals surface area (Å²) in [4.78, 5) is 20.0. The second-order valence-corrected chi connectivity index (χ2v) is 6.73. The maximum Gasteiger partial charge on any atom is 0.417 e. The van der Waals surface area contributed by atoms with E-state index in [0.29, 0.717) is 32.0 Å². The van der Waals surface area contributed by atoms with Crippen LogP contribution in [0.25, 0.3) is 0 Å². The summed E-state index contributed by atoms with van der Waals surface area (Å²) in [7, 11) is 0. The Morgan fingerprint density at radius 2 is 1.92 bits per heavy atom. The summed E-state index contributed by atoms with van der Waals surface area (Å²) in [5.41, 5.74) is -0.854. The van der Waals surface area contributed by atoms with Crippen molar-refractivity contribution in [3.05, 3.63) is 22.8 Å². The number of anilines is 1. The Labute approximate surface area is 143 Å². The van der Waals surface area contributed by atoms with Gasteiger partial charge in [0.2, 0.25) is 5.91 Å². The molecule has 0 spiro atoms. The average molecular weight is 362 g/mol. The van der Waals surface area contributed by atoms with E-state index in [0.717, 1.165) is 37.9 Å². The Morgan fingerprint density at radius 1 is 1.17 bits per heavy atom. The van der Waals surface area contributed by atoms with Gasteiger partial charge in [0.15, 0.2) is 0 Å². The highest BCUT2D eigenvalue weighted by molar-refractivity contribution is 6.33. The molecule has 0 bridgehead atoms. The summed E-state index contributed by atoms with van der Waals surface area (Å²) in [6, 6.07) is 0.909.